The highest BCUT2D eigenvalue weighted by Gasteiger charge is 2.43. The van der Waals surface area contributed by atoms with Gasteiger partial charge in [-0.25, -0.2) is 0 Å². The number of benzene rings is 2. The van der Waals surface area contributed by atoms with E-state index in [1.807, 2.05) is 0 Å². The van der Waals surface area contributed by atoms with Crippen LogP contribution in [-0.2, 0) is 0 Å². The molecule has 2 aliphatic heterocycles. The van der Waals surface area contributed by atoms with E-state index >= 15 is 0 Å². The molecule has 6 rings (SSSR count). The summed E-state index contributed by atoms with van der Waals surface area (Å²) in [5.74, 6) is 2.00. The van der Waals surface area contributed by atoms with Crippen LogP contribution in [0.4, 0.5) is 0 Å². The van der Waals surface area contributed by atoms with E-state index in [2.05, 4.69) is 89.5 Å². The first kappa shape index (κ1) is 19.5. The van der Waals surface area contributed by atoms with Crippen molar-refractivity contribution in [3.63, 3.8) is 0 Å². The molecule has 4 aliphatic rings. The van der Waals surface area contributed by atoms with E-state index in [0.29, 0.717) is 17.1 Å². The van der Waals surface area contributed by atoms with Gasteiger partial charge in [0.05, 0.1) is 0 Å². The summed E-state index contributed by atoms with van der Waals surface area (Å²) in [6, 6.07) is 17.8. The van der Waals surface area contributed by atoms with Crippen LogP contribution in [0.5, 0.6) is 5.75 Å². The van der Waals surface area contributed by atoms with Gasteiger partial charge in [0.15, 0.2) is 0 Å². The zero-order chi connectivity index (χ0) is 20.6. The van der Waals surface area contributed by atoms with Gasteiger partial charge in [-0.1, -0.05) is 67.1 Å². The Kier molecular flexibility index (Phi) is 5.25. The van der Waals surface area contributed by atoms with Crippen LogP contribution in [0.1, 0.15) is 24.8 Å². The molecule has 31 heavy (non-hydrogen) atoms. The molecular weight excluding hydrogens is 398 g/mol. The summed E-state index contributed by atoms with van der Waals surface area (Å²) in [4.78, 5) is 4.08. The molecule has 0 saturated carbocycles. The maximum absolute atomic E-state index is 6.09. The van der Waals surface area contributed by atoms with Gasteiger partial charge in [-0.05, 0) is 59.6 Å². The lowest BCUT2D eigenvalue weighted by Crippen LogP contribution is -2.33. The third kappa shape index (κ3) is 3.58. The van der Waals surface area contributed by atoms with Crippen LogP contribution >= 0.6 is 11.8 Å². The maximum atomic E-state index is 6.09. The number of allylic oxidation sites excluding steroid dienone is 3. The first-order valence-corrected chi connectivity index (χ1v) is 12.6. The molecule has 158 valence electrons. The van der Waals surface area contributed by atoms with Gasteiger partial charge in [-0.3, -0.25) is 4.90 Å². The molecule has 2 aromatic rings. The Labute approximate surface area is 189 Å². The van der Waals surface area contributed by atoms with E-state index in [0.717, 1.165) is 18.9 Å². The Balaban J connectivity index is 1.25. The minimum absolute atomic E-state index is 0.472. The number of hydrogen-bond donors (Lipinski definition) is 0. The smallest absolute Gasteiger partial charge is 0.119 e. The van der Waals surface area contributed by atoms with Crippen molar-refractivity contribution in [2.24, 2.45) is 11.8 Å². The number of likely N-dealkylation sites (tertiary alicyclic amines) is 1. The summed E-state index contributed by atoms with van der Waals surface area (Å²) >= 11 is 2.06. The minimum atomic E-state index is 0.472. The number of thioether (sulfide) groups is 1. The Hall–Kier alpha value is -2.23. The Bertz CT molecular complexity index is 1140. The molecule has 0 bridgehead atoms. The zero-order valence-corrected chi connectivity index (χ0v) is 18.7. The average Bonchev–Trinajstić information content (AvgIpc) is 3.35. The number of nitrogens with zero attached hydrogens (tertiary/aromatic N) is 1. The molecule has 0 amide bonds. The van der Waals surface area contributed by atoms with Crippen molar-refractivity contribution in [2.45, 2.75) is 24.5 Å². The van der Waals surface area contributed by atoms with Crippen molar-refractivity contribution in [1.82, 2.24) is 4.90 Å². The van der Waals surface area contributed by atoms with Gasteiger partial charge < -0.3 is 4.74 Å². The fraction of sp³-hybridized carbons (Fsp3) is 0.357. The standard InChI is InChI=1S/C28H29NOS/c1-6-16-29(17-7-1)18-19-30-21-14-12-20(13-15-21)26-22-8-2-3-9-23(22)28-27(26)24-10-4-5-11-25(24)31-28/h2-5,8-15,24-25,27H,1,6-7,16-19H2. The fourth-order valence-corrected chi connectivity index (χ4v) is 7.21. The molecule has 0 radical (unpaired) electrons. The predicted molar refractivity (Wildman–Crippen MR) is 130 cm³/mol. The second-order valence-electron chi connectivity index (χ2n) is 9.01. The molecule has 3 atom stereocenters. The predicted octanol–water partition coefficient (Wildman–Crippen LogP) is 4.35. The lowest BCUT2D eigenvalue weighted by molar-refractivity contribution is 0.183. The second kappa shape index (κ2) is 8.37. The lowest BCUT2D eigenvalue weighted by atomic mass is 9.80. The average molecular weight is 428 g/mol. The van der Waals surface area contributed by atoms with E-state index in [-0.39, 0.29) is 0 Å². The van der Waals surface area contributed by atoms with E-state index in [4.69, 9.17) is 4.74 Å². The topological polar surface area (TPSA) is 12.5 Å². The zero-order valence-electron chi connectivity index (χ0n) is 17.9. The summed E-state index contributed by atoms with van der Waals surface area (Å²) in [6.45, 7) is 4.26. The first-order chi connectivity index (χ1) is 15.4. The largest absolute Gasteiger partial charge is 0.492 e. The molecule has 2 fully saturated rings. The molecule has 2 heterocycles. The van der Waals surface area contributed by atoms with Crippen molar-refractivity contribution in [3.05, 3.63) is 88.8 Å². The third-order valence-corrected chi connectivity index (χ3v) is 8.61. The number of ether oxygens (including phenoxy) is 1. The Morgan fingerprint density at radius 3 is 2.48 bits per heavy atom. The molecule has 3 unspecified atom stereocenters. The van der Waals surface area contributed by atoms with E-state index in [9.17, 15) is 0 Å². The van der Waals surface area contributed by atoms with Crippen molar-refractivity contribution in [3.8, 4) is 5.75 Å². The van der Waals surface area contributed by atoms with Gasteiger partial charge in [-0.15, -0.1) is 11.8 Å². The van der Waals surface area contributed by atoms with Crippen molar-refractivity contribution >= 4 is 22.2 Å². The van der Waals surface area contributed by atoms with Gasteiger partial charge in [0.2, 0.25) is 0 Å². The van der Waals surface area contributed by atoms with Crippen molar-refractivity contribution < 1.29 is 4.74 Å². The number of piperidine rings is 1. The molecule has 3 heteroatoms. The Morgan fingerprint density at radius 1 is 0.871 bits per heavy atom. The van der Waals surface area contributed by atoms with Gasteiger partial charge in [0.1, 0.15) is 12.4 Å². The molecule has 2 aromatic carbocycles. The molecule has 0 spiro atoms. The van der Waals surface area contributed by atoms with Gasteiger partial charge >= 0.3 is 0 Å². The highest BCUT2D eigenvalue weighted by Crippen LogP contribution is 2.54. The summed E-state index contributed by atoms with van der Waals surface area (Å²) in [5, 5.41) is 3.41. The molecular formula is C28H29NOS. The van der Waals surface area contributed by atoms with Crippen molar-refractivity contribution in [1.29, 1.82) is 0 Å². The van der Waals surface area contributed by atoms with Gasteiger partial charge in [-0.2, -0.15) is 0 Å². The molecule has 2 aliphatic carbocycles. The highest BCUT2D eigenvalue weighted by atomic mass is 32.2. The van der Waals surface area contributed by atoms with Crippen LogP contribution in [0.25, 0.3) is 10.5 Å². The third-order valence-electron chi connectivity index (χ3n) is 7.14. The lowest BCUT2D eigenvalue weighted by Gasteiger charge is -2.26. The maximum Gasteiger partial charge on any atom is 0.119 e. The first-order valence-electron chi connectivity index (χ1n) is 11.7. The SMILES string of the molecule is C1=CC2SC3=c4ccccc4=C(c4ccc(OCCN5CCCCC5)cc4)C3C2C=C1. The minimum Gasteiger partial charge on any atom is -0.492 e. The van der Waals surface area contributed by atoms with E-state index in [1.165, 1.54) is 53.9 Å². The number of fused-ring (bicyclic) bond motifs is 4. The van der Waals surface area contributed by atoms with Crippen molar-refractivity contribution in [2.75, 3.05) is 26.2 Å². The quantitative estimate of drug-likeness (QED) is 0.704. The molecule has 0 aromatic heterocycles. The van der Waals surface area contributed by atoms with Gasteiger partial charge in [0, 0.05) is 28.5 Å². The van der Waals surface area contributed by atoms with Gasteiger partial charge in [0.25, 0.3) is 0 Å². The fourth-order valence-electron chi connectivity index (χ4n) is 5.61. The molecule has 0 N–H and O–H groups in total. The molecule has 2 saturated heterocycles. The monoisotopic (exact) mass is 427 g/mol. The Morgan fingerprint density at radius 2 is 1.65 bits per heavy atom. The molecule has 2 nitrogen and oxygen atoms in total. The van der Waals surface area contributed by atoms with Crippen LogP contribution in [0.15, 0.2) is 72.8 Å². The summed E-state index contributed by atoms with van der Waals surface area (Å²) in [5.41, 5.74) is 2.82. The van der Waals surface area contributed by atoms with Crippen LogP contribution in [-0.4, -0.2) is 36.4 Å². The van der Waals surface area contributed by atoms with Crippen LogP contribution in [0.3, 0.4) is 0 Å². The van der Waals surface area contributed by atoms with Crippen LogP contribution in [0, 0.1) is 11.8 Å². The highest BCUT2D eigenvalue weighted by molar-refractivity contribution is 8.09. The van der Waals surface area contributed by atoms with Crippen LogP contribution in [0.2, 0.25) is 0 Å². The number of rotatable bonds is 5. The summed E-state index contributed by atoms with van der Waals surface area (Å²) in [6.07, 6.45) is 13.3. The summed E-state index contributed by atoms with van der Waals surface area (Å²) < 4.78 is 6.09. The normalized spacial score (nSPS) is 26.6. The van der Waals surface area contributed by atoms with E-state index < -0.39 is 0 Å². The van der Waals surface area contributed by atoms with E-state index in [1.54, 1.807) is 4.91 Å². The number of hydrogen-bond acceptors (Lipinski definition) is 3. The van der Waals surface area contributed by atoms with Crippen LogP contribution < -0.4 is 15.2 Å². The summed E-state index contributed by atoms with van der Waals surface area (Å²) in [7, 11) is 0. The second-order valence-corrected chi connectivity index (χ2v) is 10.2.